The highest BCUT2D eigenvalue weighted by atomic mass is 19.2. The third-order valence-electron chi connectivity index (χ3n) is 9.68. The Kier molecular flexibility index (Phi) is 8.98. The average molecular weight is 633 g/mol. The Morgan fingerprint density at radius 2 is 1.16 bits per heavy atom. The summed E-state index contributed by atoms with van der Waals surface area (Å²) in [6, 6.07) is 8.13. The van der Waals surface area contributed by atoms with Gasteiger partial charge in [-0.2, -0.15) is 0 Å². The molecule has 1 aliphatic heterocycles. The number of benzene rings is 3. The van der Waals surface area contributed by atoms with Crippen LogP contribution in [-0.4, -0.2) is 23.8 Å². The number of aliphatic hydroxyl groups excluding tert-OH is 1. The SMILES string of the molecule is CC(O)c1ccc(C2CCC(C(=O)OC3CCC(c4ccc(-c5ccc(C6CO6)c(F)c5F)c(F)c4F)CC3)CC2)c(F)c1F. The van der Waals surface area contributed by atoms with Crippen LogP contribution in [-0.2, 0) is 14.3 Å². The molecular formula is C35H34F6O4. The second kappa shape index (κ2) is 12.8. The van der Waals surface area contributed by atoms with Crippen molar-refractivity contribution in [1.29, 1.82) is 0 Å². The van der Waals surface area contributed by atoms with Gasteiger partial charge in [0.15, 0.2) is 34.9 Å². The van der Waals surface area contributed by atoms with Crippen molar-refractivity contribution in [1.82, 2.24) is 0 Å². The summed E-state index contributed by atoms with van der Waals surface area (Å²) < 4.78 is 99.5. The predicted octanol–water partition coefficient (Wildman–Crippen LogP) is 8.86. The summed E-state index contributed by atoms with van der Waals surface area (Å²) >= 11 is 0. The average Bonchev–Trinajstić information content (AvgIpc) is 3.87. The fourth-order valence-electron chi connectivity index (χ4n) is 6.95. The molecule has 3 fully saturated rings. The normalized spacial score (nSPS) is 25.6. The van der Waals surface area contributed by atoms with Crippen molar-refractivity contribution >= 4 is 5.97 Å². The minimum atomic E-state index is -1.25. The minimum Gasteiger partial charge on any atom is -0.462 e. The van der Waals surface area contributed by atoms with E-state index in [1.165, 1.54) is 43.3 Å². The molecule has 6 rings (SSSR count). The third kappa shape index (κ3) is 6.23. The lowest BCUT2D eigenvalue weighted by atomic mass is 9.78. The number of ether oxygens (including phenoxy) is 2. The van der Waals surface area contributed by atoms with Gasteiger partial charge in [-0.15, -0.1) is 0 Å². The number of halogens is 6. The summed E-state index contributed by atoms with van der Waals surface area (Å²) in [7, 11) is 0. The van der Waals surface area contributed by atoms with Gasteiger partial charge < -0.3 is 14.6 Å². The van der Waals surface area contributed by atoms with Gasteiger partial charge in [0.25, 0.3) is 0 Å². The maximum atomic E-state index is 15.2. The monoisotopic (exact) mass is 632 g/mol. The molecule has 240 valence electrons. The van der Waals surface area contributed by atoms with E-state index >= 15 is 8.78 Å². The van der Waals surface area contributed by atoms with Gasteiger partial charge in [-0.05, 0) is 81.3 Å². The van der Waals surface area contributed by atoms with Crippen LogP contribution >= 0.6 is 0 Å². The Morgan fingerprint density at radius 1 is 0.689 bits per heavy atom. The summed E-state index contributed by atoms with van der Waals surface area (Å²) in [5.41, 5.74) is -0.378. The topological polar surface area (TPSA) is 59.1 Å². The highest BCUT2D eigenvalue weighted by Gasteiger charge is 2.35. The van der Waals surface area contributed by atoms with Gasteiger partial charge in [0, 0.05) is 22.3 Å². The Hall–Kier alpha value is -3.37. The highest BCUT2D eigenvalue weighted by molar-refractivity contribution is 5.72. The smallest absolute Gasteiger partial charge is 0.309 e. The second-order valence-corrected chi connectivity index (χ2v) is 12.5. The predicted molar refractivity (Wildman–Crippen MR) is 153 cm³/mol. The molecule has 4 nitrogen and oxygen atoms in total. The van der Waals surface area contributed by atoms with E-state index in [1.54, 1.807) is 0 Å². The Labute approximate surface area is 257 Å². The molecule has 1 N–H and O–H groups in total. The second-order valence-electron chi connectivity index (χ2n) is 12.5. The molecule has 2 unspecified atom stereocenters. The first kappa shape index (κ1) is 31.6. The molecular weight excluding hydrogens is 598 g/mol. The van der Waals surface area contributed by atoms with Crippen molar-refractivity contribution in [2.24, 2.45) is 5.92 Å². The molecule has 0 amide bonds. The van der Waals surface area contributed by atoms with Crippen molar-refractivity contribution in [3.8, 4) is 11.1 Å². The van der Waals surface area contributed by atoms with Crippen molar-refractivity contribution in [3.63, 3.8) is 0 Å². The van der Waals surface area contributed by atoms with Crippen LogP contribution in [0.2, 0.25) is 0 Å². The Morgan fingerprint density at radius 3 is 1.69 bits per heavy atom. The lowest BCUT2D eigenvalue weighted by Gasteiger charge is -2.32. The van der Waals surface area contributed by atoms with Crippen LogP contribution in [0.3, 0.4) is 0 Å². The standard InChI is InChI=1S/C35H34F6O4/c1-17(42)22-10-11-23(30(37)29(22)36)18-2-4-20(5-3-18)35(43)45-21-8-6-19(7-9-21)24-12-13-25(32(39)31(24)38)26-14-15-27(28-16-44-28)34(41)33(26)40/h10-15,17-21,28,42H,2-9,16H2,1H3. The van der Waals surface area contributed by atoms with Gasteiger partial charge in [-0.25, -0.2) is 26.3 Å². The zero-order valence-corrected chi connectivity index (χ0v) is 24.7. The summed E-state index contributed by atoms with van der Waals surface area (Å²) in [6.07, 6.45) is 1.73. The quantitative estimate of drug-likeness (QED) is 0.161. The molecule has 1 heterocycles. The molecule has 3 aromatic rings. The number of hydrogen-bond acceptors (Lipinski definition) is 4. The lowest BCUT2D eigenvalue weighted by Crippen LogP contribution is -2.30. The summed E-state index contributed by atoms with van der Waals surface area (Å²) in [6.45, 7) is 1.65. The number of hydrogen-bond donors (Lipinski definition) is 1. The summed E-state index contributed by atoms with van der Waals surface area (Å²) in [5, 5.41) is 9.63. The molecule has 1 saturated heterocycles. The van der Waals surface area contributed by atoms with E-state index in [2.05, 4.69) is 0 Å². The van der Waals surface area contributed by atoms with E-state index in [0.29, 0.717) is 51.4 Å². The third-order valence-corrected chi connectivity index (χ3v) is 9.68. The van der Waals surface area contributed by atoms with Crippen LogP contribution in [0.4, 0.5) is 26.3 Å². The van der Waals surface area contributed by atoms with Gasteiger partial charge in [-0.3, -0.25) is 4.79 Å². The lowest BCUT2D eigenvalue weighted by molar-refractivity contribution is -0.157. The number of carbonyl (C=O) groups is 1. The largest absolute Gasteiger partial charge is 0.462 e. The van der Waals surface area contributed by atoms with Crippen molar-refractivity contribution in [2.75, 3.05) is 6.61 Å². The molecule has 0 radical (unpaired) electrons. The number of carbonyl (C=O) groups excluding carboxylic acids is 1. The van der Waals surface area contributed by atoms with Crippen LogP contribution in [0.5, 0.6) is 0 Å². The number of rotatable bonds is 7. The van der Waals surface area contributed by atoms with E-state index in [-0.39, 0.29) is 69.8 Å². The van der Waals surface area contributed by atoms with Crippen LogP contribution in [0, 0.1) is 40.8 Å². The van der Waals surface area contributed by atoms with E-state index in [9.17, 15) is 27.5 Å². The maximum Gasteiger partial charge on any atom is 0.309 e. The number of esters is 1. The van der Waals surface area contributed by atoms with Crippen LogP contribution < -0.4 is 0 Å². The zero-order valence-electron chi connectivity index (χ0n) is 24.7. The van der Waals surface area contributed by atoms with Gasteiger partial charge >= 0.3 is 5.97 Å². The Balaban J connectivity index is 1.03. The molecule has 45 heavy (non-hydrogen) atoms. The number of aliphatic hydroxyl groups is 1. The molecule has 3 aromatic carbocycles. The van der Waals surface area contributed by atoms with Crippen molar-refractivity contribution in [2.45, 2.75) is 88.4 Å². The number of epoxide rings is 1. The fourth-order valence-corrected chi connectivity index (χ4v) is 6.95. The summed E-state index contributed by atoms with van der Waals surface area (Å²) in [4.78, 5) is 12.9. The van der Waals surface area contributed by atoms with Crippen LogP contribution in [0.15, 0.2) is 36.4 Å². The van der Waals surface area contributed by atoms with Crippen molar-refractivity contribution in [3.05, 3.63) is 93.6 Å². The molecule has 0 spiro atoms. The molecule has 2 atom stereocenters. The van der Waals surface area contributed by atoms with E-state index in [4.69, 9.17) is 9.47 Å². The maximum absolute atomic E-state index is 15.2. The molecule has 2 saturated carbocycles. The van der Waals surface area contributed by atoms with E-state index in [0.717, 1.165) is 0 Å². The van der Waals surface area contributed by atoms with E-state index < -0.39 is 47.1 Å². The van der Waals surface area contributed by atoms with Gasteiger partial charge in [0.1, 0.15) is 12.2 Å². The van der Waals surface area contributed by atoms with Gasteiger partial charge in [0.2, 0.25) is 0 Å². The van der Waals surface area contributed by atoms with E-state index in [1.807, 2.05) is 0 Å². The first-order valence-electron chi connectivity index (χ1n) is 15.5. The molecule has 0 aromatic heterocycles. The van der Waals surface area contributed by atoms with Crippen LogP contribution in [0.25, 0.3) is 11.1 Å². The fraction of sp³-hybridized carbons (Fsp3) is 0.457. The zero-order chi connectivity index (χ0) is 32.0. The first-order valence-corrected chi connectivity index (χ1v) is 15.5. The van der Waals surface area contributed by atoms with Crippen LogP contribution in [0.1, 0.15) is 105 Å². The van der Waals surface area contributed by atoms with Crippen molar-refractivity contribution < 1.29 is 45.7 Å². The molecule has 3 aliphatic rings. The summed E-state index contributed by atoms with van der Waals surface area (Å²) in [5.74, 6) is -8.01. The van der Waals surface area contributed by atoms with Gasteiger partial charge in [-0.1, -0.05) is 36.4 Å². The Bertz CT molecular complexity index is 1590. The molecule has 2 aliphatic carbocycles. The van der Waals surface area contributed by atoms with Gasteiger partial charge in [0.05, 0.1) is 18.6 Å². The minimum absolute atomic E-state index is 0.0471. The molecule has 0 bridgehead atoms. The highest BCUT2D eigenvalue weighted by Crippen LogP contribution is 2.42. The molecule has 10 heteroatoms. The first-order chi connectivity index (χ1) is 21.5.